The lowest BCUT2D eigenvalue weighted by Crippen LogP contribution is -2.40. The molecule has 1 aliphatic carbocycles. The topological polar surface area (TPSA) is 71.1 Å². The van der Waals surface area contributed by atoms with Gasteiger partial charge in [0, 0.05) is 6.54 Å². The summed E-state index contributed by atoms with van der Waals surface area (Å²) in [5, 5.41) is 11.8. The van der Waals surface area contributed by atoms with Crippen molar-refractivity contribution in [3.05, 3.63) is 0 Å². The fourth-order valence-electron chi connectivity index (χ4n) is 3.51. The van der Waals surface area contributed by atoms with Crippen LogP contribution >= 0.6 is 0 Å². The first kappa shape index (κ1) is 14.6. The summed E-state index contributed by atoms with van der Waals surface area (Å²) in [4.78, 5) is 2.23. The molecule has 2 aliphatic rings. The Labute approximate surface area is 115 Å². The van der Waals surface area contributed by atoms with Crippen molar-refractivity contribution in [2.45, 2.75) is 63.6 Å². The summed E-state index contributed by atoms with van der Waals surface area (Å²) in [5.74, 6) is 0.280. The van der Waals surface area contributed by atoms with E-state index in [0.717, 1.165) is 25.9 Å². The highest BCUT2D eigenvalue weighted by molar-refractivity contribution is 5.81. The third-order valence-corrected chi connectivity index (χ3v) is 4.37. The SMILES string of the molecule is CCCN(CC(N)=NO)CC1CCC2(CCCC2)O1. The Morgan fingerprint density at radius 3 is 2.79 bits per heavy atom. The van der Waals surface area contributed by atoms with Crippen molar-refractivity contribution < 1.29 is 9.94 Å². The zero-order chi connectivity index (χ0) is 13.7. The van der Waals surface area contributed by atoms with Crippen LogP contribution in [0.4, 0.5) is 0 Å². The fourth-order valence-corrected chi connectivity index (χ4v) is 3.51. The molecule has 0 aromatic heterocycles. The van der Waals surface area contributed by atoms with Gasteiger partial charge in [-0.25, -0.2) is 0 Å². The van der Waals surface area contributed by atoms with E-state index in [4.69, 9.17) is 15.7 Å². The summed E-state index contributed by atoms with van der Waals surface area (Å²) < 4.78 is 6.32. The molecule has 3 N–H and O–H groups in total. The lowest BCUT2D eigenvalue weighted by Gasteiger charge is -2.27. The number of hydrogen-bond acceptors (Lipinski definition) is 4. The number of hydrogen-bond donors (Lipinski definition) is 2. The van der Waals surface area contributed by atoms with Crippen molar-refractivity contribution in [2.75, 3.05) is 19.6 Å². The lowest BCUT2D eigenvalue weighted by atomic mass is 9.98. The smallest absolute Gasteiger partial charge is 0.153 e. The number of nitrogens with zero attached hydrogens (tertiary/aromatic N) is 2. The molecule has 1 aliphatic heterocycles. The van der Waals surface area contributed by atoms with E-state index in [1.807, 2.05) is 0 Å². The molecular formula is C14H27N3O2. The zero-order valence-electron chi connectivity index (χ0n) is 12.0. The van der Waals surface area contributed by atoms with Crippen LogP contribution in [0.3, 0.4) is 0 Å². The Kier molecular flexibility index (Phi) is 5.05. The second-order valence-corrected chi connectivity index (χ2v) is 6.00. The summed E-state index contributed by atoms with van der Waals surface area (Å²) in [6.07, 6.45) is 8.84. The molecule has 0 amide bonds. The average Bonchev–Trinajstić information content (AvgIpc) is 3.00. The Morgan fingerprint density at radius 1 is 1.42 bits per heavy atom. The highest BCUT2D eigenvalue weighted by Gasteiger charge is 2.42. The molecule has 1 heterocycles. The second kappa shape index (κ2) is 6.57. The van der Waals surface area contributed by atoms with E-state index in [9.17, 15) is 0 Å². The van der Waals surface area contributed by atoms with Crippen molar-refractivity contribution in [3.8, 4) is 0 Å². The predicted molar refractivity (Wildman–Crippen MR) is 75.4 cm³/mol. The highest BCUT2D eigenvalue weighted by atomic mass is 16.5. The molecule has 0 aromatic rings. The molecule has 0 bridgehead atoms. The Balaban J connectivity index is 1.84. The minimum atomic E-state index is 0.194. The molecule has 1 unspecified atom stereocenters. The van der Waals surface area contributed by atoms with E-state index in [2.05, 4.69) is 17.0 Å². The van der Waals surface area contributed by atoms with Gasteiger partial charge in [-0.05, 0) is 38.6 Å². The Hall–Kier alpha value is -0.810. The molecule has 110 valence electrons. The number of rotatable bonds is 6. The van der Waals surface area contributed by atoms with Crippen molar-refractivity contribution in [1.29, 1.82) is 0 Å². The standard InChI is InChI=1S/C14H27N3O2/c1-2-9-17(11-13(15)16-18)10-12-5-8-14(19-12)6-3-4-7-14/h12,18H,2-11H2,1H3,(H2,15,16). The normalized spacial score (nSPS) is 26.6. The van der Waals surface area contributed by atoms with Crippen molar-refractivity contribution in [1.82, 2.24) is 4.90 Å². The first-order valence-corrected chi connectivity index (χ1v) is 7.54. The summed E-state index contributed by atoms with van der Waals surface area (Å²) in [5.41, 5.74) is 5.81. The van der Waals surface area contributed by atoms with Gasteiger partial charge >= 0.3 is 0 Å². The number of ether oxygens (including phenoxy) is 1. The van der Waals surface area contributed by atoms with Gasteiger partial charge in [0.05, 0.1) is 18.2 Å². The molecule has 0 radical (unpaired) electrons. The molecule has 1 saturated carbocycles. The van der Waals surface area contributed by atoms with Gasteiger partial charge in [-0.2, -0.15) is 0 Å². The van der Waals surface area contributed by atoms with Crippen molar-refractivity contribution in [2.24, 2.45) is 10.9 Å². The number of nitrogens with two attached hydrogens (primary N) is 1. The quantitative estimate of drug-likeness (QED) is 0.334. The Morgan fingerprint density at radius 2 is 2.16 bits per heavy atom. The largest absolute Gasteiger partial charge is 0.409 e. The molecule has 1 saturated heterocycles. The molecule has 1 atom stereocenters. The zero-order valence-corrected chi connectivity index (χ0v) is 12.0. The molecule has 19 heavy (non-hydrogen) atoms. The van der Waals surface area contributed by atoms with Gasteiger partial charge in [0.25, 0.3) is 0 Å². The van der Waals surface area contributed by atoms with E-state index in [1.54, 1.807) is 0 Å². The van der Waals surface area contributed by atoms with E-state index >= 15 is 0 Å². The van der Waals surface area contributed by atoms with Gasteiger partial charge in [0.15, 0.2) is 5.84 Å². The predicted octanol–water partition coefficient (Wildman–Crippen LogP) is 1.94. The maximum atomic E-state index is 8.69. The van der Waals surface area contributed by atoms with Crippen LogP contribution in [-0.2, 0) is 4.74 Å². The van der Waals surface area contributed by atoms with Gasteiger partial charge in [-0.1, -0.05) is 24.9 Å². The molecule has 2 rings (SSSR count). The van der Waals surface area contributed by atoms with Crippen LogP contribution in [0, 0.1) is 0 Å². The van der Waals surface area contributed by atoms with E-state index in [1.165, 1.54) is 32.1 Å². The van der Waals surface area contributed by atoms with Crippen molar-refractivity contribution in [3.63, 3.8) is 0 Å². The lowest BCUT2D eigenvalue weighted by molar-refractivity contribution is -0.0460. The Bertz CT molecular complexity index is 314. The van der Waals surface area contributed by atoms with E-state index in [0.29, 0.717) is 12.6 Å². The first-order valence-electron chi connectivity index (χ1n) is 7.54. The van der Waals surface area contributed by atoms with Crippen LogP contribution in [0.15, 0.2) is 5.16 Å². The van der Waals surface area contributed by atoms with E-state index < -0.39 is 0 Å². The van der Waals surface area contributed by atoms with Gasteiger partial charge in [0.1, 0.15) is 0 Å². The van der Waals surface area contributed by atoms with Crippen molar-refractivity contribution >= 4 is 5.84 Å². The molecule has 2 fully saturated rings. The number of amidine groups is 1. The van der Waals surface area contributed by atoms with Crippen LogP contribution in [-0.4, -0.2) is 47.3 Å². The molecule has 5 nitrogen and oxygen atoms in total. The van der Waals surface area contributed by atoms with Gasteiger partial charge in [-0.3, -0.25) is 4.90 Å². The average molecular weight is 269 g/mol. The minimum Gasteiger partial charge on any atom is -0.409 e. The molecular weight excluding hydrogens is 242 g/mol. The minimum absolute atomic E-state index is 0.194. The summed E-state index contributed by atoms with van der Waals surface area (Å²) in [6, 6.07) is 0. The van der Waals surface area contributed by atoms with E-state index in [-0.39, 0.29) is 11.4 Å². The summed E-state index contributed by atoms with van der Waals surface area (Å²) >= 11 is 0. The second-order valence-electron chi connectivity index (χ2n) is 6.00. The maximum Gasteiger partial charge on any atom is 0.153 e. The highest BCUT2D eigenvalue weighted by Crippen LogP contribution is 2.43. The fraction of sp³-hybridized carbons (Fsp3) is 0.929. The summed E-state index contributed by atoms with van der Waals surface area (Å²) in [6.45, 7) is 4.53. The van der Waals surface area contributed by atoms with Gasteiger partial charge in [0.2, 0.25) is 0 Å². The monoisotopic (exact) mass is 269 g/mol. The third-order valence-electron chi connectivity index (χ3n) is 4.37. The first-order chi connectivity index (χ1) is 9.17. The van der Waals surface area contributed by atoms with Gasteiger partial charge in [-0.15, -0.1) is 0 Å². The van der Waals surface area contributed by atoms with Crippen LogP contribution in [0.1, 0.15) is 51.9 Å². The van der Waals surface area contributed by atoms with Crippen LogP contribution in [0.2, 0.25) is 0 Å². The molecule has 1 spiro atoms. The van der Waals surface area contributed by atoms with Gasteiger partial charge < -0.3 is 15.7 Å². The maximum absolute atomic E-state index is 8.69. The van der Waals surface area contributed by atoms with Crippen LogP contribution in [0.5, 0.6) is 0 Å². The molecule has 0 aromatic carbocycles. The number of oxime groups is 1. The van der Waals surface area contributed by atoms with Crippen LogP contribution in [0.25, 0.3) is 0 Å². The molecule has 5 heteroatoms. The summed E-state index contributed by atoms with van der Waals surface area (Å²) in [7, 11) is 0. The third kappa shape index (κ3) is 3.83. The van der Waals surface area contributed by atoms with Crippen LogP contribution < -0.4 is 5.73 Å².